The van der Waals surface area contributed by atoms with Crippen LogP contribution in [-0.2, 0) is 0 Å². The van der Waals surface area contributed by atoms with Crippen molar-refractivity contribution in [3.05, 3.63) is 12.7 Å². The van der Waals surface area contributed by atoms with Crippen LogP contribution in [0, 0.1) is 5.41 Å². The van der Waals surface area contributed by atoms with Gasteiger partial charge in [0.25, 0.3) is 0 Å². The van der Waals surface area contributed by atoms with Gasteiger partial charge in [-0.3, -0.25) is 0 Å². The van der Waals surface area contributed by atoms with Crippen LogP contribution in [-0.4, -0.2) is 24.5 Å². The van der Waals surface area contributed by atoms with Crippen molar-refractivity contribution in [1.29, 1.82) is 0 Å². The second kappa shape index (κ2) is 15.0. The quantitative estimate of drug-likeness (QED) is 0.195. The molecule has 0 amide bonds. The monoisotopic (exact) mass is 337 g/mol. The Labute approximate surface area is 154 Å². The van der Waals surface area contributed by atoms with E-state index in [1.807, 2.05) is 0 Å². The van der Waals surface area contributed by atoms with E-state index in [-0.39, 0.29) is 0 Å². The van der Waals surface area contributed by atoms with Crippen molar-refractivity contribution < 1.29 is 0 Å². The Balaban J connectivity index is 4.90. The van der Waals surface area contributed by atoms with Gasteiger partial charge in [0.15, 0.2) is 0 Å². The summed E-state index contributed by atoms with van der Waals surface area (Å²) in [7, 11) is 2.33. The van der Waals surface area contributed by atoms with Gasteiger partial charge in [-0.05, 0) is 32.9 Å². The zero-order chi connectivity index (χ0) is 18.3. The maximum atomic E-state index is 4.32. The fourth-order valence-corrected chi connectivity index (χ4v) is 4.10. The summed E-state index contributed by atoms with van der Waals surface area (Å²) in [4.78, 5) is 2.61. The topological polar surface area (TPSA) is 3.24 Å². The molecule has 0 spiro atoms. The molecule has 144 valence electrons. The Kier molecular flexibility index (Phi) is 14.8. The van der Waals surface area contributed by atoms with Crippen LogP contribution in [0.15, 0.2) is 12.7 Å². The van der Waals surface area contributed by atoms with Gasteiger partial charge < -0.3 is 4.90 Å². The second-order valence-corrected chi connectivity index (χ2v) is 7.79. The first-order valence-corrected chi connectivity index (χ1v) is 11.0. The van der Waals surface area contributed by atoms with E-state index < -0.39 is 0 Å². The van der Waals surface area contributed by atoms with Crippen molar-refractivity contribution in [3.8, 4) is 0 Å². The van der Waals surface area contributed by atoms with Gasteiger partial charge in [0.05, 0.1) is 0 Å². The minimum atomic E-state index is 0.320. The van der Waals surface area contributed by atoms with Gasteiger partial charge in [-0.2, -0.15) is 0 Å². The molecule has 0 bridgehead atoms. The van der Waals surface area contributed by atoms with Crippen LogP contribution >= 0.6 is 0 Å². The minimum Gasteiger partial charge on any atom is -0.303 e. The summed E-state index contributed by atoms with van der Waals surface area (Å²) < 4.78 is 0. The Morgan fingerprint density at radius 3 is 1.75 bits per heavy atom. The van der Waals surface area contributed by atoms with E-state index in [1.54, 1.807) is 0 Å². The van der Waals surface area contributed by atoms with Gasteiger partial charge in [-0.1, -0.05) is 98.0 Å². The first-order valence-electron chi connectivity index (χ1n) is 11.0. The Morgan fingerprint density at radius 2 is 1.29 bits per heavy atom. The van der Waals surface area contributed by atoms with Gasteiger partial charge in [-0.25, -0.2) is 0 Å². The van der Waals surface area contributed by atoms with Crippen molar-refractivity contribution in [3.63, 3.8) is 0 Å². The van der Waals surface area contributed by atoms with Crippen molar-refractivity contribution in [2.45, 2.75) is 117 Å². The average Bonchev–Trinajstić information content (AvgIpc) is 2.61. The molecule has 1 atom stereocenters. The highest BCUT2D eigenvalue weighted by atomic mass is 15.1. The molecule has 0 rings (SSSR count). The van der Waals surface area contributed by atoms with Crippen LogP contribution < -0.4 is 0 Å². The van der Waals surface area contributed by atoms with E-state index in [4.69, 9.17) is 0 Å². The highest BCUT2D eigenvalue weighted by Gasteiger charge is 2.36. The average molecular weight is 338 g/mol. The van der Waals surface area contributed by atoms with Gasteiger partial charge in [-0.15, -0.1) is 6.58 Å². The number of rotatable bonds is 17. The third-order valence-corrected chi connectivity index (χ3v) is 5.92. The molecule has 0 N–H and O–H groups in total. The first kappa shape index (κ1) is 23.7. The van der Waals surface area contributed by atoms with E-state index in [0.29, 0.717) is 11.5 Å². The zero-order valence-electron chi connectivity index (χ0n) is 17.7. The predicted octanol–water partition coefficient (Wildman–Crippen LogP) is 7.61. The molecule has 1 unspecified atom stereocenters. The molecule has 0 saturated heterocycles. The molecule has 0 saturated carbocycles. The van der Waals surface area contributed by atoms with Crippen LogP contribution in [0.2, 0.25) is 0 Å². The standard InChI is InChI=1S/C23H47N/c1-7-12-15-16-17-18-19-22(24(6)11-5)23(10-4,20-13-8-2)21-14-9-3/h10,22H,4,7-9,11-21H2,1-3,5-6H3. The molecule has 0 aliphatic heterocycles. The summed E-state index contributed by atoms with van der Waals surface area (Å²) >= 11 is 0. The summed E-state index contributed by atoms with van der Waals surface area (Å²) in [6, 6.07) is 0.671. The van der Waals surface area contributed by atoms with Crippen LogP contribution in [0.5, 0.6) is 0 Å². The van der Waals surface area contributed by atoms with Gasteiger partial charge in [0, 0.05) is 11.5 Å². The van der Waals surface area contributed by atoms with Crippen molar-refractivity contribution in [2.75, 3.05) is 13.6 Å². The van der Waals surface area contributed by atoms with Gasteiger partial charge in [0.2, 0.25) is 0 Å². The van der Waals surface area contributed by atoms with E-state index in [2.05, 4.69) is 52.3 Å². The molecule has 0 fully saturated rings. The number of nitrogens with zero attached hydrogens (tertiary/aromatic N) is 1. The van der Waals surface area contributed by atoms with Gasteiger partial charge in [0.1, 0.15) is 0 Å². The molecular weight excluding hydrogens is 290 g/mol. The zero-order valence-corrected chi connectivity index (χ0v) is 17.7. The molecule has 0 aromatic rings. The third-order valence-electron chi connectivity index (χ3n) is 5.92. The lowest BCUT2D eigenvalue weighted by atomic mass is 9.70. The van der Waals surface area contributed by atoms with Crippen LogP contribution in [0.3, 0.4) is 0 Å². The van der Waals surface area contributed by atoms with Crippen molar-refractivity contribution in [2.24, 2.45) is 5.41 Å². The summed E-state index contributed by atoms with van der Waals surface area (Å²) in [6.07, 6.45) is 19.9. The Hall–Kier alpha value is -0.300. The molecular formula is C23H47N. The molecule has 0 aromatic heterocycles. The lowest BCUT2D eigenvalue weighted by Crippen LogP contribution is -2.45. The van der Waals surface area contributed by atoms with Crippen molar-refractivity contribution >= 4 is 0 Å². The third kappa shape index (κ3) is 8.70. The smallest absolute Gasteiger partial charge is 0.0183 e. The summed E-state index contributed by atoms with van der Waals surface area (Å²) in [5, 5.41) is 0. The molecule has 0 heterocycles. The van der Waals surface area contributed by atoms with E-state index >= 15 is 0 Å². The normalized spacial score (nSPS) is 13.4. The van der Waals surface area contributed by atoms with Gasteiger partial charge >= 0.3 is 0 Å². The fourth-order valence-electron chi connectivity index (χ4n) is 4.10. The SMILES string of the molecule is C=CC(CCCC)(CCCC)C(CCCCCCCC)N(C)CC. The molecule has 1 heteroatoms. The Bertz CT molecular complexity index is 276. The van der Waals surface area contributed by atoms with Crippen LogP contribution in [0.1, 0.15) is 111 Å². The molecule has 0 aliphatic rings. The molecule has 1 nitrogen and oxygen atoms in total. The number of unbranched alkanes of at least 4 members (excludes halogenated alkanes) is 7. The maximum absolute atomic E-state index is 4.32. The molecule has 24 heavy (non-hydrogen) atoms. The van der Waals surface area contributed by atoms with Crippen LogP contribution in [0.4, 0.5) is 0 Å². The maximum Gasteiger partial charge on any atom is 0.0183 e. The summed E-state index contributed by atoms with van der Waals surface area (Å²) in [5.74, 6) is 0. The second-order valence-electron chi connectivity index (χ2n) is 7.79. The number of hydrogen-bond acceptors (Lipinski definition) is 1. The molecule has 0 aromatic carbocycles. The molecule has 0 radical (unpaired) electrons. The lowest BCUT2D eigenvalue weighted by Gasteiger charge is -2.44. The van der Waals surface area contributed by atoms with E-state index in [1.165, 1.54) is 83.5 Å². The fraction of sp³-hybridized carbons (Fsp3) is 0.913. The first-order chi connectivity index (χ1) is 11.6. The molecule has 0 aliphatic carbocycles. The van der Waals surface area contributed by atoms with E-state index in [0.717, 1.165) is 6.54 Å². The minimum absolute atomic E-state index is 0.320. The van der Waals surface area contributed by atoms with Crippen molar-refractivity contribution in [1.82, 2.24) is 4.90 Å². The summed E-state index contributed by atoms with van der Waals surface area (Å²) in [5.41, 5.74) is 0.320. The number of hydrogen-bond donors (Lipinski definition) is 0. The Morgan fingerprint density at radius 1 is 0.792 bits per heavy atom. The van der Waals surface area contributed by atoms with Crippen LogP contribution in [0.25, 0.3) is 0 Å². The van der Waals surface area contributed by atoms with E-state index in [9.17, 15) is 0 Å². The lowest BCUT2D eigenvalue weighted by molar-refractivity contribution is 0.0938. The predicted molar refractivity (Wildman–Crippen MR) is 112 cm³/mol. The largest absolute Gasteiger partial charge is 0.303 e. The highest BCUT2D eigenvalue weighted by molar-refractivity contribution is 5.03. The summed E-state index contributed by atoms with van der Waals surface area (Å²) in [6.45, 7) is 14.7. The highest BCUT2D eigenvalue weighted by Crippen LogP contribution is 2.40.